The predicted molar refractivity (Wildman–Crippen MR) is 232 cm³/mol. The van der Waals surface area contributed by atoms with Gasteiger partial charge in [-0.2, -0.15) is 0 Å². The molecule has 0 aromatic carbocycles. The topological polar surface area (TPSA) is 55.8 Å². The summed E-state index contributed by atoms with van der Waals surface area (Å²) in [4.78, 5) is 12.2. The second-order valence-corrected chi connectivity index (χ2v) is 12.9. The summed E-state index contributed by atoms with van der Waals surface area (Å²) >= 11 is 0. The quantitative estimate of drug-likeness (QED) is 0.0396. The van der Waals surface area contributed by atoms with Crippen LogP contribution in [0.15, 0.2) is 134 Å². The summed E-state index contributed by atoms with van der Waals surface area (Å²) in [7, 11) is 0. The second-order valence-electron chi connectivity index (χ2n) is 12.9. The van der Waals surface area contributed by atoms with Crippen LogP contribution in [0.5, 0.6) is 0 Å². The van der Waals surface area contributed by atoms with Gasteiger partial charge < -0.3 is 14.6 Å². The summed E-state index contributed by atoms with van der Waals surface area (Å²) < 4.78 is 11.1. The molecule has 0 aliphatic carbocycles. The third kappa shape index (κ3) is 42.8. The Morgan fingerprint density at radius 3 is 1.19 bits per heavy atom. The molecule has 0 fully saturated rings. The highest BCUT2D eigenvalue weighted by Gasteiger charge is 2.13. The van der Waals surface area contributed by atoms with Crippen LogP contribution in [0.3, 0.4) is 0 Å². The van der Waals surface area contributed by atoms with E-state index in [9.17, 15) is 9.90 Å². The Hall–Kier alpha value is -3.47. The first-order valence-electron chi connectivity index (χ1n) is 20.8. The lowest BCUT2D eigenvalue weighted by molar-refractivity contribution is -0.154. The number of allylic oxidation sites excluding steroid dienone is 22. The molecule has 0 heterocycles. The van der Waals surface area contributed by atoms with Gasteiger partial charge >= 0.3 is 5.97 Å². The van der Waals surface area contributed by atoms with Crippen molar-refractivity contribution in [2.45, 2.75) is 148 Å². The van der Waals surface area contributed by atoms with Gasteiger partial charge in [0.05, 0.1) is 13.2 Å². The first kappa shape index (κ1) is 49.5. The molecule has 1 atom stereocenters. The number of ether oxygens (including phenoxy) is 2. The molecular formula is C49H76O4. The normalized spacial score (nSPS) is 13.8. The fourth-order valence-electron chi connectivity index (χ4n) is 4.96. The molecule has 296 valence electrons. The highest BCUT2D eigenvalue weighted by atomic mass is 16.6. The van der Waals surface area contributed by atoms with E-state index >= 15 is 0 Å². The summed E-state index contributed by atoms with van der Waals surface area (Å²) in [6, 6.07) is 0. The van der Waals surface area contributed by atoms with E-state index < -0.39 is 6.10 Å². The van der Waals surface area contributed by atoms with Crippen molar-refractivity contribution in [3.05, 3.63) is 134 Å². The minimum atomic E-state index is -0.586. The Labute approximate surface area is 326 Å². The molecule has 0 aliphatic rings. The molecule has 1 unspecified atom stereocenters. The maximum Gasteiger partial charge on any atom is 0.306 e. The van der Waals surface area contributed by atoms with Gasteiger partial charge in [0.15, 0.2) is 0 Å². The van der Waals surface area contributed by atoms with E-state index in [2.05, 4.69) is 148 Å². The number of carbonyl (C=O) groups excluding carboxylic acids is 1. The number of hydrogen-bond donors (Lipinski definition) is 1. The van der Waals surface area contributed by atoms with Crippen LogP contribution in [0.2, 0.25) is 0 Å². The molecule has 0 aromatic heterocycles. The summed E-state index contributed by atoms with van der Waals surface area (Å²) in [5, 5.41) is 9.59. The third-order valence-corrected chi connectivity index (χ3v) is 7.97. The predicted octanol–water partition coefficient (Wildman–Crippen LogP) is 13.9. The molecule has 0 rings (SSSR count). The van der Waals surface area contributed by atoms with Crippen LogP contribution >= 0.6 is 0 Å². The standard InChI is InChI=1S/C49H76O4/c1-3-5-7-9-11-13-15-17-19-21-23-25-26-28-30-32-34-36-38-40-42-44-49(51)53-48(46-50)47-52-45-43-41-39-37-35-33-31-29-27-24-22-20-18-16-14-12-10-8-6-4-2/h5-8,11-14,17-20,23-25,27-28,30-31,33,37,39,48,50H,3-4,9-10,15-16,21-22,26,29,32,34-36,38,40-47H2,1-2H3/b7-5-,8-6-,13-11-,14-12-,19-17-,20-18-,25-23-,27-24-,30-28-,33-31-,39-37-. The maximum absolute atomic E-state index is 12.2. The maximum atomic E-state index is 12.2. The van der Waals surface area contributed by atoms with Crippen molar-refractivity contribution in [1.29, 1.82) is 0 Å². The average molecular weight is 729 g/mol. The van der Waals surface area contributed by atoms with Crippen LogP contribution in [0.4, 0.5) is 0 Å². The Morgan fingerprint density at radius 2 is 0.792 bits per heavy atom. The zero-order valence-corrected chi connectivity index (χ0v) is 33.7. The number of esters is 1. The molecular weight excluding hydrogens is 653 g/mol. The number of aliphatic hydroxyl groups is 1. The van der Waals surface area contributed by atoms with Crippen molar-refractivity contribution in [2.24, 2.45) is 0 Å². The van der Waals surface area contributed by atoms with Crippen molar-refractivity contribution in [3.8, 4) is 0 Å². The highest BCUT2D eigenvalue weighted by molar-refractivity contribution is 5.69. The van der Waals surface area contributed by atoms with Crippen LogP contribution in [0, 0.1) is 0 Å². The van der Waals surface area contributed by atoms with Gasteiger partial charge in [0.25, 0.3) is 0 Å². The van der Waals surface area contributed by atoms with E-state index in [0.717, 1.165) is 109 Å². The molecule has 53 heavy (non-hydrogen) atoms. The highest BCUT2D eigenvalue weighted by Crippen LogP contribution is 2.10. The summed E-state index contributed by atoms with van der Waals surface area (Å²) in [6.07, 6.45) is 68.0. The summed E-state index contributed by atoms with van der Waals surface area (Å²) in [5.41, 5.74) is 0. The fraction of sp³-hybridized carbons (Fsp3) is 0.531. The van der Waals surface area contributed by atoms with Gasteiger partial charge in [-0.15, -0.1) is 0 Å². The lowest BCUT2D eigenvalue weighted by atomic mass is 10.1. The average Bonchev–Trinajstić information content (AvgIpc) is 3.16. The van der Waals surface area contributed by atoms with E-state index in [-0.39, 0.29) is 19.2 Å². The van der Waals surface area contributed by atoms with Crippen molar-refractivity contribution in [3.63, 3.8) is 0 Å². The molecule has 0 radical (unpaired) electrons. The van der Waals surface area contributed by atoms with Crippen LogP contribution in [-0.4, -0.2) is 37.0 Å². The molecule has 0 aliphatic heterocycles. The molecule has 0 bridgehead atoms. The molecule has 0 amide bonds. The number of rotatable bonds is 36. The summed E-state index contributed by atoms with van der Waals surface area (Å²) in [6.45, 7) is 4.92. The molecule has 4 heteroatoms. The number of hydrogen-bond acceptors (Lipinski definition) is 4. The van der Waals surface area contributed by atoms with Crippen molar-refractivity contribution in [2.75, 3.05) is 19.8 Å². The molecule has 0 aromatic rings. The van der Waals surface area contributed by atoms with Crippen molar-refractivity contribution < 1.29 is 19.4 Å². The van der Waals surface area contributed by atoms with Crippen LogP contribution in [0.1, 0.15) is 142 Å². The van der Waals surface area contributed by atoms with E-state index in [4.69, 9.17) is 9.47 Å². The zero-order chi connectivity index (χ0) is 38.4. The van der Waals surface area contributed by atoms with Gasteiger partial charge in [-0.05, 0) is 103 Å². The lowest BCUT2D eigenvalue weighted by Crippen LogP contribution is -2.27. The van der Waals surface area contributed by atoms with Crippen LogP contribution in [-0.2, 0) is 14.3 Å². The Balaban J connectivity index is 3.66. The Morgan fingerprint density at radius 1 is 0.453 bits per heavy atom. The smallest absolute Gasteiger partial charge is 0.306 e. The fourth-order valence-corrected chi connectivity index (χ4v) is 4.96. The number of carbonyl (C=O) groups is 1. The van der Waals surface area contributed by atoms with Crippen molar-refractivity contribution in [1.82, 2.24) is 0 Å². The first-order chi connectivity index (χ1) is 26.2. The van der Waals surface area contributed by atoms with Gasteiger partial charge in [0.1, 0.15) is 6.10 Å². The Bertz CT molecular complexity index is 1130. The summed E-state index contributed by atoms with van der Waals surface area (Å²) in [5.74, 6) is -0.246. The van der Waals surface area contributed by atoms with Gasteiger partial charge in [-0.25, -0.2) is 0 Å². The van der Waals surface area contributed by atoms with Gasteiger partial charge in [-0.3, -0.25) is 4.79 Å². The minimum Gasteiger partial charge on any atom is -0.457 e. The van der Waals surface area contributed by atoms with Gasteiger partial charge in [-0.1, -0.05) is 167 Å². The molecule has 0 spiro atoms. The minimum absolute atomic E-state index is 0.214. The van der Waals surface area contributed by atoms with E-state index in [1.165, 1.54) is 12.8 Å². The number of aliphatic hydroxyl groups excluding tert-OH is 1. The molecule has 0 saturated carbocycles. The second kappa shape index (κ2) is 44.7. The molecule has 1 N–H and O–H groups in total. The molecule has 4 nitrogen and oxygen atoms in total. The third-order valence-electron chi connectivity index (χ3n) is 7.97. The van der Waals surface area contributed by atoms with Gasteiger partial charge in [0.2, 0.25) is 0 Å². The molecule has 0 saturated heterocycles. The van der Waals surface area contributed by atoms with Crippen LogP contribution < -0.4 is 0 Å². The van der Waals surface area contributed by atoms with Gasteiger partial charge in [0, 0.05) is 13.0 Å². The zero-order valence-electron chi connectivity index (χ0n) is 33.7. The largest absolute Gasteiger partial charge is 0.457 e. The van der Waals surface area contributed by atoms with Crippen LogP contribution in [0.25, 0.3) is 0 Å². The van der Waals surface area contributed by atoms with E-state index in [0.29, 0.717) is 13.0 Å². The number of unbranched alkanes of at least 4 members (excludes halogenated alkanes) is 6. The lowest BCUT2D eigenvalue weighted by Gasteiger charge is -2.15. The van der Waals surface area contributed by atoms with E-state index in [1.54, 1.807) is 0 Å². The monoisotopic (exact) mass is 729 g/mol. The first-order valence-corrected chi connectivity index (χ1v) is 20.8. The Kier molecular flexibility index (Phi) is 41.8. The van der Waals surface area contributed by atoms with E-state index in [1.807, 2.05) is 0 Å². The van der Waals surface area contributed by atoms with Crippen molar-refractivity contribution >= 4 is 5.97 Å². The SMILES string of the molecule is CC/C=C\C/C=C\C/C=C\C/C=C\C/C=C\C/C=C\CCCOCC(CO)OC(=O)CCCCCCC/C=C\C/C=C\C/C=C\C/C=C\C/C=C\CC.